The smallest absolute Gasteiger partial charge is 0.277 e. The van der Waals surface area contributed by atoms with Gasteiger partial charge >= 0.3 is 0 Å². The maximum atomic E-state index is 13.8. The molecule has 1 aliphatic rings. The minimum atomic E-state index is -1.21. The van der Waals surface area contributed by atoms with Crippen LogP contribution in [0.15, 0.2) is 77.4 Å². The molecule has 4 aromatic rings. The molecule has 0 bridgehead atoms. The van der Waals surface area contributed by atoms with E-state index in [9.17, 15) is 9.59 Å². The fourth-order valence-electron chi connectivity index (χ4n) is 4.39. The highest BCUT2D eigenvalue weighted by Crippen LogP contribution is 2.34. The van der Waals surface area contributed by atoms with Gasteiger partial charge in [0.2, 0.25) is 5.91 Å². The zero-order valence-electron chi connectivity index (χ0n) is 19.5. The molecule has 3 heterocycles. The van der Waals surface area contributed by atoms with Crippen LogP contribution in [-0.4, -0.2) is 27.1 Å². The molecule has 0 saturated carbocycles. The lowest BCUT2D eigenvalue weighted by molar-refractivity contribution is -0.126. The predicted molar refractivity (Wildman–Crippen MR) is 134 cm³/mol. The number of rotatable bonds is 6. The second-order valence-electron chi connectivity index (χ2n) is 8.79. The van der Waals surface area contributed by atoms with E-state index in [-0.39, 0.29) is 18.4 Å². The van der Waals surface area contributed by atoms with Crippen LogP contribution < -0.4 is 10.2 Å². The average molecular weight is 489 g/mol. The molecule has 2 aromatic carbocycles. The lowest BCUT2D eigenvalue weighted by Crippen LogP contribution is -2.64. The second kappa shape index (κ2) is 9.07. The molecule has 1 N–H and O–H groups in total. The fourth-order valence-corrected chi connectivity index (χ4v) is 4.51. The molecule has 0 aliphatic carbocycles. The van der Waals surface area contributed by atoms with Crippen LogP contribution in [0.25, 0.3) is 11.5 Å². The molecule has 0 spiro atoms. The third kappa shape index (κ3) is 4.23. The minimum absolute atomic E-state index is 0.191. The first-order valence-corrected chi connectivity index (χ1v) is 11.8. The highest BCUT2D eigenvalue weighted by atomic mass is 35.5. The molecule has 178 valence electrons. The summed E-state index contributed by atoms with van der Waals surface area (Å²) in [5, 5.41) is 8.22. The Balaban J connectivity index is 1.52. The first kappa shape index (κ1) is 22.9. The van der Waals surface area contributed by atoms with Gasteiger partial charge in [-0.15, -0.1) is 0 Å². The van der Waals surface area contributed by atoms with E-state index in [1.165, 1.54) is 0 Å². The van der Waals surface area contributed by atoms with Crippen molar-refractivity contribution >= 4 is 29.1 Å². The standard InChI is InChI=1S/C27H25ClN4O3/c1-3-18-8-12-21(13-9-18)32-25(33)23-15-22(24-5-4-14-35-24)30-31(23)17-27(32,2)26(34)29-16-19-6-10-20(28)11-7-19/h4-15H,3,16-17H2,1-2H3,(H,29,34). The van der Waals surface area contributed by atoms with Crippen molar-refractivity contribution in [3.8, 4) is 11.5 Å². The highest BCUT2D eigenvalue weighted by Gasteiger charge is 2.49. The zero-order valence-corrected chi connectivity index (χ0v) is 20.2. The number of aryl methyl sites for hydroxylation is 1. The van der Waals surface area contributed by atoms with E-state index in [1.807, 2.05) is 36.4 Å². The number of fused-ring (bicyclic) bond motifs is 1. The van der Waals surface area contributed by atoms with Crippen LogP contribution >= 0.6 is 11.6 Å². The third-order valence-electron chi connectivity index (χ3n) is 6.39. The van der Waals surface area contributed by atoms with Crippen molar-refractivity contribution in [2.75, 3.05) is 4.90 Å². The van der Waals surface area contributed by atoms with Gasteiger partial charge in [-0.3, -0.25) is 19.2 Å². The van der Waals surface area contributed by atoms with Crippen molar-refractivity contribution in [2.24, 2.45) is 0 Å². The SMILES string of the molecule is CCc1ccc(N2C(=O)c3cc(-c4ccco4)nn3CC2(C)C(=O)NCc2ccc(Cl)cc2)cc1. The summed E-state index contributed by atoms with van der Waals surface area (Å²) in [4.78, 5) is 29.1. The molecule has 0 saturated heterocycles. The van der Waals surface area contributed by atoms with Crippen LogP contribution in [0.1, 0.15) is 35.5 Å². The van der Waals surface area contributed by atoms with Gasteiger partial charge in [-0.25, -0.2) is 0 Å². The Morgan fingerprint density at radius 2 is 1.83 bits per heavy atom. The number of amides is 2. The molecular weight excluding hydrogens is 464 g/mol. The number of anilines is 1. The number of nitrogens with one attached hydrogen (secondary N) is 1. The molecule has 1 atom stereocenters. The van der Waals surface area contributed by atoms with E-state index < -0.39 is 5.54 Å². The Labute approximate surface area is 208 Å². The number of carbonyl (C=O) groups excluding carboxylic acids is 2. The number of hydrogen-bond acceptors (Lipinski definition) is 4. The van der Waals surface area contributed by atoms with E-state index in [2.05, 4.69) is 17.3 Å². The quantitative estimate of drug-likeness (QED) is 0.409. The van der Waals surface area contributed by atoms with Crippen LogP contribution in [0, 0.1) is 0 Å². The van der Waals surface area contributed by atoms with Crippen LogP contribution in [0.3, 0.4) is 0 Å². The van der Waals surface area contributed by atoms with Gasteiger partial charge < -0.3 is 9.73 Å². The predicted octanol–water partition coefficient (Wildman–Crippen LogP) is 5.09. The van der Waals surface area contributed by atoms with Crippen molar-refractivity contribution in [1.82, 2.24) is 15.1 Å². The molecule has 2 aromatic heterocycles. The zero-order chi connectivity index (χ0) is 24.6. The average Bonchev–Trinajstić information content (AvgIpc) is 3.54. The first-order chi connectivity index (χ1) is 16.9. The Bertz CT molecular complexity index is 1360. The number of hydrogen-bond donors (Lipinski definition) is 1. The molecule has 0 fully saturated rings. The Morgan fingerprint density at radius 3 is 2.49 bits per heavy atom. The van der Waals surface area contributed by atoms with Crippen molar-refractivity contribution < 1.29 is 14.0 Å². The molecule has 5 rings (SSSR count). The van der Waals surface area contributed by atoms with Gasteiger partial charge in [0, 0.05) is 23.3 Å². The second-order valence-corrected chi connectivity index (χ2v) is 9.23. The van der Waals surface area contributed by atoms with Crippen LogP contribution in [0.4, 0.5) is 5.69 Å². The van der Waals surface area contributed by atoms with E-state index in [4.69, 9.17) is 16.0 Å². The third-order valence-corrected chi connectivity index (χ3v) is 6.64. The van der Waals surface area contributed by atoms with Gasteiger partial charge in [-0.1, -0.05) is 42.8 Å². The summed E-state index contributed by atoms with van der Waals surface area (Å²) in [6.45, 7) is 4.35. The number of nitrogens with zero attached hydrogens (tertiary/aromatic N) is 3. The normalized spacial score (nSPS) is 17.3. The molecule has 1 aliphatic heterocycles. The monoisotopic (exact) mass is 488 g/mol. The van der Waals surface area contributed by atoms with Crippen molar-refractivity contribution in [2.45, 2.75) is 38.9 Å². The van der Waals surface area contributed by atoms with Crippen LogP contribution in [-0.2, 0) is 24.3 Å². The fraction of sp³-hybridized carbons (Fsp3) is 0.222. The molecular formula is C27H25ClN4O3. The molecule has 2 amide bonds. The summed E-state index contributed by atoms with van der Waals surface area (Å²) >= 11 is 5.98. The Kier molecular flexibility index (Phi) is 5.94. The maximum Gasteiger partial charge on any atom is 0.277 e. The topological polar surface area (TPSA) is 80.4 Å². The summed E-state index contributed by atoms with van der Waals surface area (Å²) < 4.78 is 7.07. The van der Waals surface area contributed by atoms with E-state index in [0.717, 1.165) is 17.5 Å². The summed E-state index contributed by atoms with van der Waals surface area (Å²) in [6, 6.07) is 20.3. The lowest BCUT2D eigenvalue weighted by Gasteiger charge is -2.43. The van der Waals surface area contributed by atoms with Crippen molar-refractivity contribution in [3.63, 3.8) is 0 Å². The lowest BCUT2D eigenvalue weighted by atomic mass is 9.93. The molecule has 8 heteroatoms. The van der Waals surface area contributed by atoms with Crippen LogP contribution in [0.2, 0.25) is 5.02 Å². The number of furan rings is 1. The number of halogens is 1. The number of aromatic nitrogens is 2. The minimum Gasteiger partial charge on any atom is -0.463 e. The number of benzene rings is 2. The molecule has 1 unspecified atom stereocenters. The summed E-state index contributed by atoms with van der Waals surface area (Å²) in [5.74, 6) is -0.0107. The first-order valence-electron chi connectivity index (χ1n) is 11.5. The van der Waals surface area contributed by atoms with Gasteiger partial charge in [-0.2, -0.15) is 5.10 Å². The van der Waals surface area contributed by atoms with E-state index >= 15 is 0 Å². The Hall–Kier alpha value is -3.84. The van der Waals surface area contributed by atoms with E-state index in [0.29, 0.717) is 34.4 Å². The molecule has 35 heavy (non-hydrogen) atoms. The van der Waals surface area contributed by atoms with Crippen molar-refractivity contribution in [3.05, 3.63) is 94.8 Å². The van der Waals surface area contributed by atoms with Gasteiger partial charge in [0.1, 0.15) is 16.9 Å². The Morgan fingerprint density at radius 1 is 1.11 bits per heavy atom. The molecule has 7 nitrogen and oxygen atoms in total. The van der Waals surface area contributed by atoms with E-state index in [1.54, 1.807) is 53.1 Å². The number of carbonyl (C=O) groups is 2. The van der Waals surface area contributed by atoms with Crippen molar-refractivity contribution in [1.29, 1.82) is 0 Å². The summed E-state index contributed by atoms with van der Waals surface area (Å²) in [7, 11) is 0. The van der Waals surface area contributed by atoms with Gasteiger partial charge in [-0.05, 0) is 60.9 Å². The summed E-state index contributed by atoms with van der Waals surface area (Å²) in [5.41, 5.74) is 2.45. The highest BCUT2D eigenvalue weighted by molar-refractivity contribution is 6.30. The molecule has 0 radical (unpaired) electrons. The maximum absolute atomic E-state index is 13.8. The summed E-state index contributed by atoms with van der Waals surface area (Å²) in [6.07, 6.45) is 2.44. The van der Waals surface area contributed by atoms with Gasteiger partial charge in [0.15, 0.2) is 5.76 Å². The van der Waals surface area contributed by atoms with Crippen LogP contribution in [0.5, 0.6) is 0 Å². The van der Waals surface area contributed by atoms with Gasteiger partial charge in [0.05, 0.1) is 12.8 Å². The van der Waals surface area contributed by atoms with Gasteiger partial charge in [0.25, 0.3) is 5.91 Å². The largest absolute Gasteiger partial charge is 0.463 e.